The van der Waals surface area contributed by atoms with E-state index in [-0.39, 0.29) is 25.3 Å². The molecule has 2 fully saturated rings. The molecule has 8 nitrogen and oxygen atoms in total. The standard InChI is InChI=1S/C10H20NO7PS/c1-2-6-7-3-10(19(13,14)15,20(16,17)18)4-8(7)11-5-9(6)12/h6-9,11-12H,2-5H2,1H3,(H2,13,14,15)(H,16,17,18)/t6-,7?,8?,9-,10?/m0/s1. The SMILES string of the molecule is CC[C@H]1C2CC(P(=O)(O)O)(S(=O)(=O)O)CC2NC[C@@H]1O. The minimum atomic E-state index is -5.06. The molecule has 1 saturated carbocycles. The Hall–Kier alpha value is -0.0200. The molecule has 5 N–H and O–H groups in total. The number of hydrogen-bond acceptors (Lipinski definition) is 5. The number of nitrogens with one attached hydrogen (secondary N) is 1. The molecule has 1 heterocycles. The molecule has 5 atom stereocenters. The van der Waals surface area contributed by atoms with Crippen LogP contribution in [0.2, 0.25) is 0 Å². The summed E-state index contributed by atoms with van der Waals surface area (Å²) in [7, 11) is -9.97. The van der Waals surface area contributed by atoms with Crippen LogP contribution in [-0.4, -0.2) is 51.0 Å². The highest BCUT2D eigenvalue weighted by molar-refractivity contribution is 7.95. The second kappa shape index (κ2) is 5.01. The fourth-order valence-electron chi connectivity index (χ4n) is 3.64. The van der Waals surface area contributed by atoms with Crippen LogP contribution in [0.25, 0.3) is 0 Å². The highest BCUT2D eigenvalue weighted by atomic mass is 32.2. The molecule has 1 aliphatic heterocycles. The summed E-state index contributed by atoms with van der Waals surface area (Å²) >= 11 is 0. The summed E-state index contributed by atoms with van der Waals surface area (Å²) in [6, 6.07) is -0.433. The summed E-state index contributed by atoms with van der Waals surface area (Å²) in [5.74, 6) is -0.630. The summed E-state index contributed by atoms with van der Waals surface area (Å²) in [5, 5.41) is 12.8. The van der Waals surface area contributed by atoms with Crippen molar-refractivity contribution >= 4 is 17.7 Å². The molecule has 1 aliphatic carbocycles. The third kappa shape index (κ3) is 2.35. The first-order valence-corrected chi connectivity index (χ1v) is 9.53. The van der Waals surface area contributed by atoms with Crippen molar-refractivity contribution in [2.45, 2.75) is 42.8 Å². The van der Waals surface area contributed by atoms with Crippen molar-refractivity contribution in [2.24, 2.45) is 11.8 Å². The molecule has 1 saturated heterocycles. The third-order valence-electron chi connectivity index (χ3n) is 4.73. The molecule has 0 spiro atoms. The summed E-state index contributed by atoms with van der Waals surface area (Å²) in [6.45, 7) is 2.09. The monoisotopic (exact) mass is 329 g/mol. The van der Waals surface area contributed by atoms with Crippen molar-refractivity contribution in [2.75, 3.05) is 6.54 Å². The van der Waals surface area contributed by atoms with Crippen LogP contribution < -0.4 is 5.32 Å². The highest BCUT2D eigenvalue weighted by Crippen LogP contribution is 2.64. The van der Waals surface area contributed by atoms with Crippen molar-refractivity contribution in [1.29, 1.82) is 0 Å². The zero-order valence-corrected chi connectivity index (χ0v) is 12.7. The Labute approximate surface area is 117 Å². The molecule has 0 amide bonds. The van der Waals surface area contributed by atoms with Crippen LogP contribution in [0.1, 0.15) is 26.2 Å². The van der Waals surface area contributed by atoms with Crippen molar-refractivity contribution in [1.82, 2.24) is 5.32 Å². The van der Waals surface area contributed by atoms with Crippen molar-refractivity contribution in [3.05, 3.63) is 0 Å². The van der Waals surface area contributed by atoms with Crippen LogP contribution in [0.15, 0.2) is 0 Å². The summed E-state index contributed by atoms with van der Waals surface area (Å²) in [6.07, 6.45) is -0.796. The van der Waals surface area contributed by atoms with Crippen LogP contribution in [-0.2, 0) is 14.7 Å². The second-order valence-electron chi connectivity index (χ2n) is 5.69. The molecule has 2 aliphatic rings. The van der Waals surface area contributed by atoms with Gasteiger partial charge in [0.1, 0.15) is 0 Å². The molecule has 0 aromatic rings. The summed E-state index contributed by atoms with van der Waals surface area (Å²) < 4.78 is 41.8. The van der Waals surface area contributed by atoms with Crippen molar-refractivity contribution < 1.29 is 32.4 Å². The largest absolute Gasteiger partial charge is 0.392 e. The summed E-state index contributed by atoms with van der Waals surface area (Å²) in [5.41, 5.74) is 0. The maximum Gasteiger partial charge on any atom is 0.349 e. The number of aliphatic hydroxyl groups is 1. The van der Waals surface area contributed by atoms with Gasteiger partial charge in [-0.15, -0.1) is 0 Å². The number of fused-ring (bicyclic) bond motifs is 1. The van der Waals surface area contributed by atoms with Gasteiger partial charge in [-0.1, -0.05) is 13.3 Å². The quantitative estimate of drug-likeness (QED) is 0.345. The fraction of sp³-hybridized carbons (Fsp3) is 1.00. The zero-order valence-electron chi connectivity index (χ0n) is 11.0. The lowest BCUT2D eigenvalue weighted by Crippen LogP contribution is -2.51. The number of rotatable bonds is 3. The molecule has 0 radical (unpaired) electrons. The second-order valence-corrected chi connectivity index (χ2v) is 9.67. The van der Waals surface area contributed by atoms with E-state index < -0.39 is 40.3 Å². The van der Waals surface area contributed by atoms with E-state index in [9.17, 15) is 32.4 Å². The first-order chi connectivity index (χ1) is 9.03. The first kappa shape index (κ1) is 16.4. The van der Waals surface area contributed by atoms with Gasteiger partial charge in [0, 0.05) is 12.6 Å². The molecule has 20 heavy (non-hydrogen) atoms. The Kier molecular flexibility index (Phi) is 4.10. The van der Waals surface area contributed by atoms with Crippen LogP contribution in [0, 0.1) is 11.8 Å². The highest BCUT2D eigenvalue weighted by Gasteiger charge is 2.65. The molecule has 118 valence electrons. The molecule has 2 rings (SSSR count). The van der Waals surface area contributed by atoms with Gasteiger partial charge in [-0.2, -0.15) is 8.42 Å². The number of hydrogen-bond donors (Lipinski definition) is 5. The van der Waals surface area contributed by atoms with Gasteiger partial charge in [0.2, 0.25) is 0 Å². The lowest BCUT2D eigenvalue weighted by Gasteiger charge is -2.37. The minimum absolute atomic E-state index is 0.239. The van der Waals surface area contributed by atoms with Gasteiger partial charge in [0.15, 0.2) is 4.49 Å². The topological polar surface area (TPSA) is 144 Å². The first-order valence-electron chi connectivity index (χ1n) is 6.47. The van der Waals surface area contributed by atoms with Gasteiger partial charge < -0.3 is 20.2 Å². The Bertz CT molecular complexity index is 532. The zero-order chi connectivity index (χ0) is 15.3. The lowest BCUT2D eigenvalue weighted by atomic mass is 9.79. The molecule has 0 aromatic carbocycles. The van der Waals surface area contributed by atoms with E-state index in [2.05, 4.69) is 5.32 Å². The van der Waals surface area contributed by atoms with Gasteiger partial charge in [-0.25, -0.2) is 0 Å². The van der Waals surface area contributed by atoms with Crippen molar-refractivity contribution in [3.63, 3.8) is 0 Å². The van der Waals surface area contributed by atoms with Crippen molar-refractivity contribution in [3.8, 4) is 0 Å². The molecular formula is C10H20NO7PS. The van der Waals surface area contributed by atoms with E-state index in [0.29, 0.717) is 6.42 Å². The van der Waals surface area contributed by atoms with E-state index >= 15 is 0 Å². The Morgan fingerprint density at radius 1 is 1.35 bits per heavy atom. The Morgan fingerprint density at radius 3 is 2.40 bits per heavy atom. The fourth-order valence-corrected chi connectivity index (χ4v) is 6.52. The minimum Gasteiger partial charge on any atom is -0.392 e. The van der Waals surface area contributed by atoms with E-state index in [0.717, 1.165) is 0 Å². The van der Waals surface area contributed by atoms with E-state index in [1.807, 2.05) is 6.92 Å². The van der Waals surface area contributed by atoms with Gasteiger partial charge in [-0.3, -0.25) is 9.12 Å². The molecule has 10 heteroatoms. The smallest absolute Gasteiger partial charge is 0.349 e. The lowest BCUT2D eigenvalue weighted by molar-refractivity contribution is 0.0298. The molecular weight excluding hydrogens is 309 g/mol. The maximum absolute atomic E-state index is 11.7. The number of piperidine rings is 1. The van der Waals surface area contributed by atoms with E-state index in [4.69, 9.17) is 0 Å². The van der Waals surface area contributed by atoms with Gasteiger partial charge >= 0.3 is 7.60 Å². The van der Waals surface area contributed by atoms with Gasteiger partial charge in [0.25, 0.3) is 10.1 Å². The van der Waals surface area contributed by atoms with E-state index in [1.54, 1.807) is 0 Å². The predicted molar refractivity (Wildman–Crippen MR) is 70.6 cm³/mol. The van der Waals surface area contributed by atoms with Crippen LogP contribution in [0.3, 0.4) is 0 Å². The average Bonchev–Trinajstić information content (AvgIpc) is 2.68. The van der Waals surface area contributed by atoms with Crippen LogP contribution >= 0.6 is 7.60 Å². The predicted octanol–water partition coefficient (Wildman–Crippen LogP) is -0.483. The number of aliphatic hydroxyl groups excluding tert-OH is 1. The van der Waals surface area contributed by atoms with Crippen LogP contribution in [0.4, 0.5) is 0 Å². The molecule has 3 unspecified atom stereocenters. The maximum atomic E-state index is 11.7. The third-order valence-corrected chi connectivity index (χ3v) is 8.85. The molecule has 0 bridgehead atoms. The summed E-state index contributed by atoms with van der Waals surface area (Å²) in [4.78, 5) is 18.9. The van der Waals surface area contributed by atoms with Gasteiger partial charge in [0.05, 0.1) is 6.10 Å². The molecule has 0 aromatic heterocycles. The van der Waals surface area contributed by atoms with Crippen LogP contribution in [0.5, 0.6) is 0 Å². The number of β-amino-alcohol motifs (C(OH)–C–C–N with tert-alkyl or cyclic N) is 1. The Morgan fingerprint density at radius 2 is 1.95 bits per heavy atom. The Balaban J connectivity index is 2.44. The van der Waals surface area contributed by atoms with E-state index in [1.165, 1.54) is 0 Å². The normalized spacial score (nSPS) is 42.5. The average molecular weight is 329 g/mol. The van der Waals surface area contributed by atoms with Gasteiger partial charge in [-0.05, 0) is 24.7 Å².